The summed E-state index contributed by atoms with van der Waals surface area (Å²) < 4.78 is 10.8. The van der Waals surface area contributed by atoms with Crippen molar-refractivity contribution in [2.75, 3.05) is 6.61 Å². The van der Waals surface area contributed by atoms with Crippen molar-refractivity contribution < 1.29 is 23.5 Å². The minimum Gasteiger partial charge on any atom is -0.462 e. The van der Waals surface area contributed by atoms with Crippen molar-refractivity contribution in [2.24, 2.45) is 0 Å². The van der Waals surface area contributed by atoms with Crippen LogP contribution in [0.5, 0.6) is 0 Å². The molecule has 3 aromatic rings. The van der Waals surface area contributed by atoms with Crippen LogP contribution < -0.4 is 0 Å². The van der Waals surface area contributed by atoms with Gasteiger partial charge in [0.25, 0.3) is 11.1 Å². The highest BCUT2D eigenvalue weighted by Crippen LogP contribution is 2.35. The molecule has 0 spiro atoms. The summed E-state index contributed by atoms with van der Waals surface area (Å²) in [4.78, 5) is 38.4. The molecule has 4 rings (SSSR count). The highest BCUT2D eigenvalue weighted by atomic mass is 35.5. The van der Waals surface area contributed by atoms with Crippen LogP contribution in [0.15, 0.2) is 63.9 Å². The molecule has 0 saturated carbocycles. The molecule has 1 fully saturated rings. The molecule has 0 radical (unpaired) electrons. The average Bonchev–Trinajstić information content (AvgIpc) is 3.37. The maximum Gasteiger partial charge on any atom is 0.338 e. The lowest BCUT2D eigenvalue weighted by atomic mass is 10.1. The zero-order chi connectivity index (χ0) is 23.5. The van der Waals surface area contributed by atoms with Gasteiger partial charge in [-0.3, -0.25) is 14.5 Å². The number of ether oxygens (including phenoxy) is 1. The monoisotopic (exact) mass is 501 g/mol. The molecule has 2 heterocycles. The summed E-state index contributed by atoms with van der Waals surface area (Å²) in [6.45, 7) is 2.15. The van der Waals surface area contributed by atoms with Gasteiger partial charge in [0.2, 0.25) is 0 Å². The SMILES string of the molecule is CCOC(=O)c1ccc(-c2ccc(/C=C3\SC(=O)N(Cc4ccc(Cl)c(Cl)c4)C3=O)o2)cc1. The summed E-state index contributed by atoms with van der Waals surface area (Å²) in [7, 11) is 0. The number of nitrogens with zero attached hydrogens (tertiary/aromatic N) is 1. The third-order valence-corrected chi connectivity index (χ3v) is 6.43. The van der Waals surface area contributed by atoms with E-state index in [0.717, 1.165) is 22.2 Å². The second-order valence-corrected chi connectivity index (χ2v) is 8.82. The van der Waals surface area contributed by atoms with E-state index in [1.807, 2.05) is 0 Å². The molecule has 0 aliphatic carbocycles. The Bertz CT molecular complexity index is 1270. The van der Waals surface area contributed by atoms with E-state index in [4.69, 9.17) is 32.4 Å². The number of carbonyl (C=O) groups excluding carboxylic acids is 3. The number of furan rings is 1. The Morgan fingerprint density at radius 3 is 2.52 bits per heavy atom. The van der Waals surface area contributed by atoms with E-state index in [1.165, 1.54) is 6.08 Å². The number of rotatable bonds is 6. The van der Waals surface area contributed by atoms with Gasteiger partial charge >= 0.3 is 5.97 Å². The topological polar surface area (TPSA) is 76.8 Å². The summed E-state index contributed by atoms with van der Waals surface area (Å²) in [6, 6.07) is 15.2. The van der Waals surface area contributed by atoms with Crippen molar-refractivity contribution in [1.29, 1.82) is 0 Å². The number of esters is 1. The van der Waals surface area contributed by atoms with Crippen LogP contribution in [-0.2, 0) is 16.1 Å². The number of benzene rings is 2. The standard InChI is InChI=1S/C24H17Cl2NO5S/c1-2-31-23(29)16-6-4-15(5-7-16)20-10-8-17(32-20)12-21-22(28)27(24(30)33-21)13-14-3-9-18(25)19(26)11-14/h3-12H,2,13H2,1H3/b21-12-. The van der Waals surface area contributed by atoms with E-state index >= 15 is 0 Å². The van der Waals surface area contributed by atoms with Crippen LogP contribution in [0.25, 0.3) is 17.4 Å². The van der Waals surface area contributed by atoms with Crippen LogP contribution in [0.4, 0.5) is 4.79 Å². The Labute approximate surface area is 204 Å². The Balaban J connectivity index is 1.48. The van der Waals surface area contributed by atoms with E-state index in [1.54, 1.807) is 61.5 Å². The predicted molar refractivity (Wildman–Crippen MR) is 128 cm³/mol. The number of thioether (sulfide) groups is 1. The molecule has 6 nitrogen and oxygen atoms in total. The third-order valence-electron chi connectivity index (χ3n) is 4.78. The lowest BCUT2D eigenvalue weighted by Crippen LogP contribution is -2.27. The first-order chi connectivity index (χ1) is 15.9. The molecule has 0 N–H and O–H groups in total. The smallest absolute Gasteiger partial charge is 0.338 e. The molecule has 0 bridgehead atoms. The zero-order valence-corrected chi connectivity index (χ0v) is 19.7. The van der Waals surface area contributed by atoms with Crippen LogP contribution in [-0.4, -0.2) is 28.6 Å². The normalized spacial score (nSPS) is 14.9. The Morgan fingerprint density at radius 1 is 1.06 bits per heavy atom. The van der Waals surface area contributed by atoms with Crippen LogP contribution in [0.3, 0.4) is 0 Å². The van der Waals surface area contributed by atoms with Gasteiger partial charge in [-0.15, -0.1) is 0 Å². The first-order valence-electron chi connectivity index (χ1n) is 9.92. The largest absolute Gasteiger partial charge is 0.462 e. The molecule has 33 heavy (non-hydrogen) atoms. The molecule has 1 aliphatic rings. The summed E-state index contributed by atoms with van der Waals surface area (Å²) in [5.41, 5.74) is 1.90. The van der Waals surface area contributed by atoms with Gasteiger partial charge in [-0.25, -0.2) is 4.79 Å². The van der Waals surface area contributed by atoms with Gasteiger partial charge in [0.1, 0.15) is 11.5 Å². The summed E-state index contributed by atoms with van der Waals surface area (Å²) >= 11 is 12.8. The summed E-state index contributed by atoms with van der Waals surface area (Å²) in [6.07, 6.45) is 1.54. The Morgan fingerprint density at radius 2 is 1.82 bits per heavy atom. The van der Waals surface area contributed by atoms with Gasteiger partial charge < -0.3 is 9.15 Å². The number of hydrogen-bond donors (Lipinski definition) is 0. The van der Waals surface area contributed by atoms with Gasteiger partial charge in [0.05, 0.1) is 33.7 Å². The number of carbonyl (C=O) groups is 3. The minimum atomic E-state index is -0.409. The van der Waals surface area contributed by atoms with Gasteiger partial charge in [-0.1, -0.05) is 41.4 Å². The minimum absolute atomic E-state index is 0.0924. The van der Waals surface area contributed by atoms with E-state index in [9.17, 15) is 14.4 Å². The molecule has 168 valence electrons. The van der Waals surface area contributed by atoms with E-state index < -0.39 is 5.91 Å². The molecular formula is C24H17Cl2NO5S. The van der Waals surface area contributed by atoms with Crippen LogP contribution >= 0.6 is 35.0 Å². The molecule has 1 saturated heterocycles. The van der Waals surface area contributed by atoms with Crippen LogP contribution in [0, 0.1) is 0 Å². The molecule has 1 aliphatic heterocycles. The highest BCUT2D eigenvalue weighted by molar-refractivity contribution is 8.18. The Hall–Kier alpha value is -3.00. The van der Waals surface area contributed by atoms with E-state index in [-0.39, 0.29) is 22.7 Å². The van der Waals surface area contributed by atoms with Crippen LogP contribution in [0.2, 0.25) is 10.0 Å². The number of imide groups is 1. The molecule has 9 heteroatoms. The maximum absolute atomic E-state index is 12.8. The number of halogens is 2. The summed E-state index contributed by atoms with van der Waals surface area (Å²) in [5, 5.41) is 0.382. The number of amides is 2. The zero-order valence-electron chi connectivity index (χ0n) is 17.3. The van der Waals surface area contributed by atoms with E-state index in [2.05, 4.69) is 0 Å². The lowest BCUT2D eigenvalue weighted by Gasteiger charge is -2.12. The second-order valence-electron chi connectivity index (χ2n) is 7.02. The highest BCUT2D eigenvalue weighted by Gasteiger charge is 2.35. The molecule has 0 unspecified atom stereocenters. The molecule has 2 aromatic carbocycles. The molecule has 0 atom stereocenters. The lowest BCUT2D eigenvalue weighted by molar-refractivity contribution is -0.123. The maximum atomic E-state index is 12.8. The fourth-order valence-electron chi connectivity index (χ4n) is 3.16. The Kier molecular flexibility index (Phi) is 6.93. The average molecular weight is 502 g/mol. The third kappa shape index (κ3) is 5.16. The second kappa shape index (κ2) is 9.87. The number of hydrogen-bond acceptors (Lipinski definition) is 6. The van der Waals surface area contributed by atoms with Crippen molar-refractivity contribution in [3.8, 4) is 11.3 Å². The quantitative estimate of drug-likeness (QED) is 0.277. The molecular weight excluding hydrogens is 485 g/mol. The van der Waals surface area contributed by atoms with Crippen LogP contribution in [0.1, 0.15) is 28.6 Å². The predicted octanol–water partition coefficient (Wildman–Crippen LogP) is 6.67. The fourth-order valence-corrected chi connectivity index (χ4v) is 4.30. The summed E-state index contributed by atoms with van der Waals surface area (Å²) in [5.74, 6) is 0.194. The first-order valence-corrected chi connectivity index (χ1v) is 11.5. The fraction of sp³-hybridized carbons (Fsp3) is 0.125. The molecule has 2 amide bonds. The van der Waals surface area contributed by atoms with Gasteiger partial charge in [0, 0.05) is 11.6 Å². The van der Waals surface area contributed by atoms with Gasteiger partial charge in [-0.05, 0) is 60.6 Å². The molecule has 1 aromatic heterocycles. The van der Waals surface area contributed by atoms with E-state index in [0.29, 0.717) is 39.3 Å². The van der Waals surface area contributed by atoms with Crippen molar-refractivity contribution in [3.05, 3.63) is 86.4 Å². The van der Waals surface area contributed by atoms with Gasteiger partial charge in [-0.2, -0.15) is 0 Å². The van der Waals surface area contributed by atoms with Crippen molar-refractivity contribution in [2.45, 2.75) is 13.5 Å². The van der Waals surface area contributed by atoms with Gasteiger partial charge in [0.15, 0.2) is 0 Å². The van der Waals surface area contributed by atoms with Crippen molar-refractivity contribution in [3.63, 3.8) is 0 Å². The van der Waals surface area contributed by atoms with Crippen molar-refractivity contribution >= 4 is 58.2 Å². The van der Waals surface area contributed by atoms with Crippen molar-refractivity contribution in [1.82, 2.24) is 4.90 Å². The first kappa shape index (κ1) is 23.2.